The Morgan fingerprint density at radius 3 is 2.67 bits per heavy atom. The molecule has 0 radical (unpaired) electrons. The first-order valence-corrected chi connectivity index (χ1v) is 6.18. The lowest BCUT2D eigenvalue weighted by Crippen LogP contribution is -2.43. The van der Waals surface area contributed by atoms with Crippen LogP contribution in [0, 0.1) is 12.3 Å². The number of nitrogens with zero attached hydrogens (tertiary/aromatic N) is 2. The molecule has 5 nitrogen and oxygen atoms in total. The molecule has 0 atom stereocenters. The molecule has 0 spiro atoms. The normalized spacial score (nSPS) is 18.7. The van der Waals surface area contributed by atoms with Gasteiger partial charge in [-0.25, -0.2) is 4.98 Å². The largest absolute Gasteiger partial charge is 0.390 e. The van der Waals surface area contributed by atoms with Crippen molar-refractivity contribution in [2.24, 2.45) is 5.73 Å². The summed E-state index contributed by atoms with van der Waals surface area (Å²) in [4.78, 5) is 6.45. The Morgan fingerprint density at radius 2 is 2.11 bits per heavy atom. The summed E-state index contributed by atoms with van der Waals surface area (Å²) in [6, 6.07) is 1.86. The number of pyridine rings is 1. The lowest BCUT2D eigenvalue weighted by Gasteiger charge is -2.37. The van der Waals surface area contributed by atoms with Gasteiger partial charge in [0, 0.05) is 19.3 Å². The second kappa shape index (κ2) is 4.57. The van der Waals surface area contributed by atoms with Gasteiger partial charge in [0.2, 0.25) is 0 Å². The molecule has 1 fully saturated rings. The van der Waals surface area contributed by atoms with Crippen LogP contribution in [0.1, 0.15) is 30.9 Å². The molecule has 5 heteroatoms. The van der Waals surface area contributed by atoms with Crippen LogP contribution in [-0.2, 0) is 0 Å². The zero-order chi connectivity index (χ0) is 13.3. The van der Waals surface area contributed by atoms with Crippen molar-refractivity contribution in [1.29, 1.82) is 5.41 Å². The number of aryl methyl sites for hydroxylation is 1. The number of aliphatic hydroxyl groups is 1. The maximum Gasteiger partial charge on any atom is 0.139 e. The van der Waals surface area contributed by atoms with E-state index < -0.39 is 5.60 Å². The summed E-state index contributed by atoms with van der Waals surface area (Å²) in [6.07, 6.45) is 3.16. The molecule has 0 aliphatic carbocycles. The highest BCUT2D eigenvalue weighted by Gasteiger charge is 2.29. The summed E-state index contributed by atoms with van der Waals surface area (Å²) < 4.78 is 0. The molecule has 0 aromatic carbocycles. The molecule has 1 saturated heterocycles. The lowest BCUT2D eigenvalue weighted by molar-refractivity contribution is 0.0350. The smallest absolute Gasteiger partial charge is 0.139 e. The minimum Gasteiger partial charge on any atom is -0.390 e. The molecule has 0 amide bonds. The zero-order valence-electron chi connectivity index (χ0n) is 10.9. The van der Waals surface area contributed by atoms with Crippen LogP contribution in [0.2, 0.25) is 0 Å². The Kier molecular flexibility index (Phi) is 3.26. The van der Waals surface area contributed by atoms with Gasteiger partial charge in [0.15, 0.2) is 0 Å². The summed E-state index contributed by atoms with van der Waals surface area (Å²) in [6.45, 7) is 5.27. The van der Waals surface area contributed by atoms with Crippen LogP contribution < -0.4 is 10.6 Å². The van der Waals surface area contributed by atoms with Gasteiger partial charge in [-0.1, -0.05) is 0 Å². The summed E-state index contributed by atoms with van der Waals surface area (Å²) in [5.41, 5.74) is 6.73. The summed E-state index contributed by atoms with van der Waals surface area (Å²) in [5.74, 6) is 0.811. The number of nitrogens with one attached hydrogen (secondary N) is 1. The van der Waals surface area contributed by atoms with Crippen molar-refractivity contribution in [3.05, 3.63) is 23.4 Å². The van der Waals surface area contributed by atoms with Crippen molar-refractivity contribution < 1.29 is 5.11 Å². The second-order valence-corrected chi connectivity index (χ2v) is 5.22. The molecular weight excluding hydrogens is 228 g/mol. The van der Waals surface area contributed by atoms with Gasteiger partial charge in [-0.2, -0.15) is 0 Å². The van der Waals surface area contributed by atoms with Gasteiger partial charge in [-0.15, -0.1) is 0 Å². The van der Waals surface area contributed by atoms with Crippen molar-refractivity contribution in [2.45, 2.75) is 32.3 Å². The quantitative estimate of drug-likeness (QED) is 0.539. The summed E-state index contributed by atoms with van der Waals surface area (Å²) in [7, 11) is 0. The molecule has 1 aliphatic heterocycles. The Labute approximate surface area is 107 Å². The first-order valence-electron chi connectivity index (χ1n) is 6.18. The topological polar surface area (TPSA) is 86.2 Å². The maximum absolute atomic E-state index is 9.96. The van der Waals surface area contributed by atoms with Gasteiger partial charge in [-0.3, -0.25) is 5.41 Å². The number of hydrogen-bond acceptors (Lipinski definition) is 4. The number of hydrogen-bond donors (Lipinski definition) is 3. The van der Waals surface area contributed by atoms with Crippen molar-refractivity contribution in [2.75, 3.05) is 18.0 Å². The van der Waals surface area contributed by atoms with Crippen molar-refractivity contribution in [1.82, 2.24) is 4.98 Å². The van der Waals surface area contributed by atoms with E-state index >= 15 is 0 Å². The Bertz CT molecular complexity index is 460. The third-order valence-electron chi connectivity index (χ3n) is 3.55. The first kappa shape index (κ1) is 12.8. The molecule has 1 aromatic rings. The molecule has 1 aliphatic rings. The minimum atomic E-state index is -0.587. The fraction of sp³-hybridized carbons (Fsp3) is 0.538. The van der Waals surface area contributed by atoms with E-state index in [9.17, 15) is 5.11 Å². The predicted octanol–water partition coefficient (Wildman–Crippen LogP) is 1.03. The van der Waals surface area contributed by atoms with E-state index in [1.165, 1.54) is 0 Å². The van der Waals surface area contributed by atoms with E-state index in [1.54, 1.807) is 6.20 Å². The van der Waals surface area contributed by atoms with Crippen molar-refractivity contribution >= 4 is 11.7 Å². The fourth-order valence-electron chi connectivity index (χ4n) is 2.32. The van der Waals surface area contributed by atoms with Crippen LogP contribution in [0.25, 0.3) is 0 Å². The monoisotopic (exact) mass is 248 g/mol. The van der Waals surface area contributed by atoms with Crippen molar-refractivity contribution in [3.8, 4) is 0 Å². The Hall–Kier alpha value is -1.62. The van der Waals surface area contributed by atoms with Gasteiger partial charge < -0.3 is 15.7 Å². The van der Waals surface area contributed by atoms with E-state index in [4.69, 9.17) is 11.1 Å². The van der Waals surface area contributed by atoms with Crippen LogP contribution in [0.5, 0.6) is 0 Å². The average molecular weight is 248 g/mol. The molecule has 0 bridgehead atoms. The molecule has 0 unspecified atom stereocenters. The molecule has 98 valence electrons. The third kappa shape index (κ3) is 2.46. The third-order valence-corrected chi connectivity index (χ3v) is 3.55. The molecular formula is C13H20N4O. The molecule has 2 heterocycles. The maximum atomic E-state index is 9.96. The number of piperidine rings is 1. The van der Waals surface area contributed by atoms with E-state index in [2.05, 4.69) is 9.88 Å². The minimum absolute atomic E-state index is 0.0490. The Balaban J connectivity index is 2.30. The van der Waals surface area contributed by atoms with Crippen LogP contribution in [0.4, 0.5) is 5.82 Å². The first-order chi connectivity index (χ1) is 8.41. The van der Waals surface area contributed by atoms with Crippen LogP contribution >= 0.6 is 0 Å². The molecule has 4 N–H and O–H groups in total. The highest BCUT2D eigenvalue weighted by molar-refractivity contribution is 6.01. The standard InChI is InChI=1S/C13H20N4O/c1-9-3-6-16-12(10(9)11(14)15)17-7-4-13(2,18)5-8-17/h3,6,18H,4-5,7-8H2,1-2H3,(H3,14,15). The van der Waals surface area contributed by atoms with Crippen LogP contribution in [0.15, 0.2) is 12.3 Å². The average Bonchev–Trinajstić information content (AvgIpc) is 2.28. The lowest BCUT2D eigenvalue weighted by atomic mass is 9.93. The summed E-state index contributed by atoms with van der Waals surface area (Å²) >= 11 is 0. The Morgan fingerprint density at radius 1 is 1.50 bits per heavy atom. The highest BCUT2D eigenvalue weighted by Crippen LogP contribution is 2.27. The number of rotatable bonds is 2. The van der Waals surface area contributed by atoms with E-state index in [1.807, 2.05) is 19.9 Å². The summed E-state index contributed by atoms with van der Waals surface area (Å²) in [5, 5.41) is 17.6. The van der Waals surface area contributed by atoms with Gasteiger partial charge in [0.1, 0.15) is 11.7 Å². The predicted molar refractivity (Wildman–Crippen MR) is 72.1 cm³/mol. The van der Waals surface area contributed by atoms with Crippen LogP contribution in [-0.4, -0.2) is 34.6 Å². The van der Waals surface area contributed by atoms with Gasteiger partial charge >= 0.3 is 0 Å². The number of aromatic nitrogens is 1. The number of nitrogen functional groups attached to an aromatic ring is 1. The molecule has 18 heavy (non-hydrogen) atoms. The zero-order valence-corrected chi connectivity index (χ0v) is 10.9. The van der Waals surface area contributed by atoms with E-state index in [0.29, 0.717) is 18.4 Å². The highest BCUT2D eigenvalue weighted by atomic mass is 16.3. The van der Waals surface area contributed by atoms with E-state index in [0.717, 1.165) is 24.5 Å². The molecule has 0 saturated carbocycles. The fourth-order valence-corrected chi connectivity index (χ4v) is 2.32. The number of nitrogens with two attached hydrogens (primary N) is 1. The van der Waals surface area contributed by atoms with Crippen molar-refractivity contribution in [3.63, 3.8) is 0 Å². The molecule has 2 rings (SSSR count). The molecule has 1 aromatic heterocycles. The number of amidine groups is 1. The van der Waals surface area contributed by atoms with Gasteiger partial charge in [0.25, 0.3) is 0 Å². The van der Waals surface area contributed by atoms with Crippen LogP contribution in [0.3, 0.4) is 0 Å². The number of anilines is 1. The van der Waals surface area contributed by atoms with Gasteiger partial charge in [-0.05, 0) is 38.3 Å². The van der Waals surface area contributed by atoms with E-state index in [-0.39, 0.29) is 5.84 Å². The SMILES string of the molecule is Cc1ccnc(N2CCC(C)(O)CC2)c1C(=N)N. The second-order valence-electron chi connectivity index (χ2n) is 5.22. The van der Waals surface area contributed by atoms with Gasteiger partial charge in [0.05, 0.1) is 11.2 Å².